The normalized spacial score (nSPS) is 11.3. The van der Waals surface area contributed by atoms with E-state index in [0.717, 1.165) is 17.0 Å². The Bertz CT molecular complexity index is 300. The van der Waals surface area contributed by atoms with Crippen molar-refractivity contribution in [2.75, 3.05) is 6.61 Å². The van der Waals surface area contributed by atoms with Crippen molar-refractivity contribution in [1.82, 2.24) is 9.78 Å². The van der Waals surface area contributed by atoms with Crippen molar-refractivity contribution < 1.29 is 5.11 Å². The first-order chi connectivity index (χ1) is 5.66. The molecule has 1 aromatic heterocycles. The van der Waals surface area contributed by atoms with Crippen molar-refractivity contribution in [3.63, 3.8) is 0 Å². The van der Waals surface area contributed by atoms with E-state index in [1.807, 2.05) is 31.7 Å². The molecule has 0 unspecified atom stereocenters. The third kappa shape index (κ3) is 1.56. The number of aromatic nitrogens is 2. The molecule has 1 aromatic rings. The fourth-order valence-electron chi connectivity index (χ4n) is 1.20. The highest BCUT2D eigenvalue weighted by molar-refractivity contribution is 5.54. The van der Waals surface area contributed by atoms with Crippen LogP contribution in [-0.4, -0.2) is 21.5 Å². The van der Waals surface area contributed by atoms with Gasteiger partial charge in [-0.3, -0.25) is 4.68 Å². The summed E-state index contributed by atoms with van der Waals surface area (Å²) in [6, 6.07) is 0. The maximum Gasteiger partial charge on any atom is 0.0668 e. The van der Waals surface area contributed by atoms with Crippen LogP contribution in [0.25, 0.3) is 6.08 Å². The lowest BCUT2D eigenvalue weighted by Crippen LogP contribution is -1.92. The minimum Gasteiger partial charge on any atom is -0.392 e. The van der Waals surface area contributed by atoms with Crippen LogP contribution in [0, 0.1) is 13.8 Å². The molecule has 0 fully saturated rings. The van der Waals surface area contributed by atoms with Gasteiger partial charge in [0, 0.05) is 18.3 Å². The third-order valence-electron chi connectivity index (χ3n) is 1.95. The van der Waals surface area contributed by atoms with Gasteiger partial charge in [-0.2, -0.15) is 5.10 Å². The fraction of sp³-hybridized carbons (Fsp3) is 0.444. The van der Waals surface area contributed by atoms with Crippen molar-refractivity contribution in [2.24, 2.45) is 7.05 Å². The third-order valence-corrected chi connectivity index (χ3v) is 1.95. The number of nitrogens with zero attached hydrogens (tertiary/aromatic N) is 2. The Balaban J connectivity index is 3.05. The van der Waals surface area contributed by atoms with E-state index in [0.29, 0.717) is 0 Å². The van der Waals surface area contributed by atoms with E-state index in [2.05, 4.69) is 5.10 Å². The number of aliphatic hydroxyl groups excluding tert-OH is 1. The van der Waals surface area contributed by atoms with Gasteiger partial charge >= 0.3 is 0 Å². The molecule has 0 aliphatic heterocycles. The number of aliphatic hydroxyl groups is 1. The summed E-state index contributed by atoms with van der Waals surface area (Å²) in [6.45, 7) is 4.05. The van der Waals surface area contributed by atoms with E-state index in [1.54, 1.807) is 6.08 Å². The molecule has 1 rings (SSSR count). The van der Waals surface area contributed by atoms with E-state index in [9.17, 15) is 0 Å². The van der Waals surface area contributed by atoms with Crippen LogP contribution in [0.1, 0.15) is 17.0 Å². The van der Waals surface area contributed by atoms with Crippen LogP contribution < -0.4 is 0 Å². The maximum absolute atomic E-state index is 8.60. The molecule has 0 saturated carbocycles. The van der Waals surface area contributed by atoms with Gasteiger partial charge in [-0.15, -0.1) is 0 Å². The largest absolute Gasteiger partial charge is 0.392 e. The zero-order valence-corrected chi connectivity index (χ0v) is 7.70. The lowest BCUT2D eigenvalue weighted by Gasteiger charge is -1.93. The molecule has 0 spiro atoms. The van der Waals surface area contributed by atoms with Crippen LogP contribution in [0.5, 0.6) is 0 Å². The van der Waals surface area contributed by atoms with E-state index in [4.69, 9.17) is 5.11 Å². The van der Waals surface area contributed by atoms with E-state index < -0.39 is 0 Å². The van der Waals surface area contributed by atoms with Gasteiger partial charge in [0.05, 0.1) is 12.3 Å². The minimum atomic E-state index is 0.0772. The Kier molecular flexibility index (Phi) is 2.65. The summed E-state index contributed by atoms with van der Waals surface area (Å²) in [7, 11) is 1.92. The first kappa shape index (κ1) is 9.00. The zero-order chi connectivity index (χ0) is 9.14. The molecule has 0 atom stereocenters. The van der Waals surface area contributed by atoms with E-state index in [1.165, 1.54) is 0 Å². The standard InChI is InChI=1S/C9H14N2O/c1-7-9(5-4-6-12)8(2)11(3)10-7/h4-5,12H,6H2,1-3H3/b5-4+. The van der Waals surface area contributed by atoms with Crippen LogP contribution in [-0.2, 0) is 7.05 Å². The lowest BCUT2D eigenvalue weighted by atomic mass is 10.2. The quantitative estimate of drug-likeness (QED) is 0.713. The second-order valence-electron chi connectivity index (χ2n) is 2.79. The second-order valence-corrected chi connectivity index (χ2v) is 2.79. The number of aryl methyl sites for hydroxylation is 2. The van der Waals surface area contributed by atoms with Crippen LogP contribution in [0.2, 0.25) is 0 Å². The highest BCUT2D eigenvalue weighted by Gasteiger charge is 2.04. The predicted molar refractivity (Wildman–Crippen MR) is 48.8 cm³/mol. The monoisotopic (exact) mass is 166 g/mol. The van der Waals surface area contributed by atoms with Gasteiger partial charge in [0.2, 0.25) is 0 Å². The molecule has 1 N–H and O–H groups in total. The summed E-state index contributed by atoms with van der Waals surface area (Å²) in [5.41, 5.74) is 3.23. The molecule has 0 amide bonds. The van der Waals surface area contributed by atoms with Crippen LogP contribution in [0.3, 0.4) is 0 Å². The Morgan fingerprint density at radius 1 is 1.50 bits per heavy atom. The van der Waals surface area contributed by atoms with Crippen molar-refractivity contribution in [1.29, 1.82) is 0 Å². The first-order valence-electron chi connectivity index (χ1n) is 3.94. The second kappa shape index (κ2) is 3.54. The van der Waals surface area contributed by atoms with Gasteiger partial charge < -0.3 is 5.11 Å². The fourth-order valence-corrected chi connectivity index (χ4v) is 1.20. The summed E-state index contributed by atoms with van der Waals surface area (Å²) < 4.78 is 1.84. The molecule has 0 radical (unpaired) electrons. The first-order valence-corrected chi connectivity index (χ1v) is 3.94. The van der Waals surface area contributed by atoms with E-state index >= 15 is 0 Å². The lowest BCUT2D eigenvalue weighted by molar-refractivity contribution is 0.343. The Labute approximate surface area is 72.3 Å². The molecule has 0 saturated heterocycles. The molecule has 3 heteroatoms. The Morgan fingerprint density at radius 3 is 2.58 bits per heavy atom. The average molecular weight is 166 g/mol. The van der Waals surface area contributed by atoms with Gasteiger partial charge in [0.25, 0.3) is 0 Å². The highest BCUT2D eigenvalue weighted by Crippen LogP contribution is 2.12. The van der Waals surface area contributed by atoms with Gasteiger partial charge in [0.1, 0.15) is 0 Å². The summed E-state index contributed by atoms with van der Waals surface area (Å²) >= 11 is 0. The Morgan fingerprint density at radius 2 is 2.17 bits per heavy atom. The molecule has 0 aliphatic carbocycles. The zero-order valence-electron chi connectivity index (χ0n) is 7.70. The number of hydrogen-bond acceptors (Lipinski definition) is 2. The summed E-state index contributed by atoms with van der Waals surface area (Å²) in [5, 5.41) is 12.8. The summed E-state index contributed by atoms with van der Waals surface area (Å²) in [6.07, 6.45) is 3.62. The molecule has 66 valence electrons. The molecule has 0 aromatic carbocycles. The topological polar surface area (TPSA) is 38.0 Å². The molecule has 0 bridgehead atoms. The van der Waals surface area contributed by atoms with Crippen molar-refractivity contribution in [3.05, 3.63) is 23.0 Å². The number of rotatable bonds is 2. The molecular formula is C9H14N2O. The molecule has 12 heavy (non-hydrogen) atoms. The molecular weight excluding hydrogens is 152 g/mol. The SMILES string of the molecule is Cc1nn(C)c(C)c1/C=C/CO. The van der Waals surface area contributed by atoms with E-state index in [-0.39, 0.29) is 6.61 Å². The van der Waals surface area contributed by atoms with Crippen LogP contribution >= 0.6 is 0 Å². The van der Waals surface area contributed by atoms with Gasteiger partial charge in [-0.25, -0.2) is 0 Å². The maximum atomic E-state index is 8.60. The highest BCUT2D eigenvalue weighted by atomic mass is 16.2. The molecule has 1 heterocycles. The minimum absolute atomic E-state index is 0.0772. The van der Waals surface area contributed by atoms with Crippen LogP contribution in [0.4, 0.5) is 0 Å². The van der Waals surface area contributed by atoms with Gasteiger partial charge in [-0.05, 0) is 13.8 Å². The Hall–Kier alpha value is -1.09. The molecule has 0 aliphatic rings. The summed E-state index contributed by atoms with van der Waals surface area (Å²) in [4.78, 5) is 0. The predicted octanol–water partition coefficient (Wildman–Crippen LogP) is 1.04. The average Bonchev–Trinajstić information content (AvgIpc) is 2.25. The smallest absolute Gasteiger partial charge is 0.0668 e. The van der Waals surface area contributed by atoms with Crippen molar-refractivity contribution in [3.8, 4) is 0 Å². The number of hydrogen-bond donors (Lipinski definition) is 1. The van der Waals surface area contributed by atoms with Crippen molar-refractivity contribution in [2.45, 2.75) is 13.8 Å². The van der Waals surface area contributed by atoms with Gasteiger partial charge in [0.15, 0.2) is 0 Å². The van der Waals surface area contributed by atoms with Crippen molar-refractivity contribution >= 4 is 6.08 Å². The van der Waals surface area contributed by atoms with Gasteiger partial charge in [-0.1, -0.05) is 12.2 Å². The molecule has 3 nitrogen and oxygen atoms in total. The van der Waals surface area contributed by atoms with Crippen LogP contribution in [0.15, 0.2) is 6.08 Å². The summed E-state index contributed by atoms with van der Waals surface area (Å²) in [5.74, 6) is 0.